The van der Waals surface area contributed by atoms with Crippen LogP contribution in [0.15, 0.2) is 40.9 Å². The van der Waals surface area contributed by atoms with Crippen LogP contribution in [0, 0.1) is 24.0 Å². The van der Waals surface area contributed by atoms with E-state index < -0.39 is 22.9 Å². The number of hydrogen-bond donors (Lipinski definition) is 1. The predicted molar refractivity (Wildman–Crippen MR) is 121 cm³/mol. The van der Waals surface area contributed by atoms with Crippen molar-refractivity contribution in [1.82, 2.24) is 15.0 Å². The minimum Gasteiger partial charge on any atom is -0.452 e. The van der Waals surface area contributed by atoms with Crippen molar-refractivity contribution in [3.05, 3.63) is 57.2 Å². The average Bonchev–Trinajstić information content (AvgIpc) is 3.20. The van der Waals surface area contributed by atoms with Crippen LogP contribution in [-0.2, 0) is 14.3 Å². The van der Waals surface area contributed by atoms with Crippen molar-refractivity contribution in [1.29, 1.82) is 0 Å². The molecule has 0 saturated carbocycles. The van der Waals surface area contributed by atoms with E-state index in [9.17, 15) is 19.7 Å². The van der Waals surface area contributed by atoms with Crippen molar-refractivity contribution in [3.8, 4) is 11.3 Å². The molecule has 0 aliphatic rings. The van der Waals surface area contributed by atoms with Crippen molar-refractivity contribution >= 4 is 45.8 Å². The van der Waals surface area contributed by atoms with Crippen LogP contribution >= 0.6 is 23.1 Å². The second-order valence-corrected chi connectivity index (χ2v) is 8.49. The molecule has 0 bridgehead atoms. The molecule has 1 aromatic carbocycles. The molecular formula is C20H19N5O5S2. The number of benzene rings is 1. The van der Waals surface area contributed by atoms with Crippen LogP contribution in [-0.4, -0.2) is 43.6 Å². The average molecular weight is 474 g/mol. The van der Waals surface area contributed by atoms with Gasteiger partial charge in [-0.1, -0.05) is 23.9 Å². The number of anilines is 1. The molecular weight excluding hydrogens is 454 g/mol. The Morgan fingerprint density at radius 2 is 1.94 bits per heavy atom. The number of nitrogens with zero attached hydrogens (tertiary/aromatic N) is 4. The molecule has 2 aromatic heterocycles. The van der Waals surface area contributed by atoms with Crippen molar-refractivity contribution in [3.63, 3.8) is 0 Å². The fourth-order valence-electron chi connectivity index (χ4n) is 2.62. The number of non-ortho nitro benzene ring substituents is 1. The Morgan fingerprint density at radius 3 is 2.62 bits per heavy atom. The second-order valence-electron chi connectivity index (χ2n) is 6.69. The predicted octanol–water partition coefficient (Wildman–Crippen LogP) is 3.79. The third-order valence-corrected chi connectivity index (χ3v) is 5.62. The van der Waals surface area contributed by atoms with E-state index in [1.54, 1.807) is 17.5 Å². The summed E-state index contributed by atoms with van der Waals surface area (Å²) in [5, 5.41) is 16.0. The van der Waals surface area contributed by atoms with Gasteiger partial charge in [0, 0.05) is 34.5 Å². The van der Waals surface area contributed by atoms with E-state index in [4.69, 9.17) is 4.74 Å². The molecule has 0 saturated heterocycles. The number of rotatable bonds is 8. The summed E-state index contributed by atoms with van der Waals surface area (Å²) in [6, 6.07) is 7.88. The van der Waals surface area contributed by atoms with Gasteiger partial charge in [0.05, 0.1) is 16.4 Å². The molecule has 0 fully saturated rings. The molecule has 1 atom stereocenters. The maximum absolute atomic E-state index is 12.4. The summed E-state index contributed by atoms with van der Waals surface area (Å²) in [5.41, 5.74) is 2.60. The van der Waals surface area contributed by atoms with Crippen LogP contribution in [0.1, 0.15) is 18.3 Å². The van der Waals surface area contributed by atoms with E-state index in [1.165, 1.54) is 19.1 Å². The topological polar surface area (TPSA) is 137 Å². The Labute approximate surface area is 191 Å². The molecule has 10 nitrogen and oxygen atoms in total. The second kappa shape index (κ2) is 10.3. The van der Waals surface area contributed by atoms with E-state index in [0.717, 1.165) is 34.5 Å². The zero-order valence-electron chi connectivity index (χ0n) is 17.4. The van der Waals surface area contributed by atoms with Crippen molar-refractivity contribution in [2.75, 3.05) is 11.1 Å². The van der Waals surface area contributed by atoms with Gasteiger partial charge >= 0.3 is 5.97 Å². The van der Waals surface area contributed by atoms with Gasteiger partial charge in [0.25, 0.3) is 11.6 Å². The summed E-state index contributed by atoms with van der Waals surface area (Å²) in [4.78, 5) is 47.6. The zero-order chi connectivity index (χ0) is 23.3. The Kier molecular flexibility index (Phi) is 7.49. The SMILES string of the molecule is Cc1cc(C)nc(SCC(=O)OC(C)C(=O)Nc2nc(-c3cccc([N+](=O)[O-])c3)cs2)n1. The lowest BCUT2D eigenvalue weighted by atomic mass is 10.1. The Hall–Kier alpha value is -3.38. The van der Waals surface area contributed by atoms with Gasteiger partial charge in [0.2, 0.25) is 0 Å². The lowest BCUT2D eigenvalue weighted by Gasteiger charge is -2.12. The first-order chi connectivity index (χ1) is 15.2. The van der Waals surface area contributed by atoms with Crippen LogP contribution in [0.2, 0.25) is 0 Å². The fourth-order valence-corrected chi connectivity index (χ4v) is 4.07. The minimum absolute atomic E-state index is 0.0330. The van der Waals surface area contributed by atoms with Crippen LogP contribution in [0.4, 0.5) is 10.8 Å². The summed E-state index contributed by atoms with van der Waals surface area (Å²) in [5.74, 6) is -1.14. The number of thiazole rings is 1. The summed E-state index contributed by atoms with van der Waals surface area (Å²) >= 11 is 2.29. The lowest BCUT2D eigenvalue weighted by Crippen LogP contribution is -2.30. The zero-order valence-corrected chi connectivity index (χ0v) is 19.0. The molecule has 1 amide bonds. The quantitative estimate of drug-likeness (QED) is 0.170. The molecule has 166 valence electrons. The third-order valence-electron chi connectivity index (χ3n) is 4.05. The molecule has 3 aromatic rings. The highest BCUT2D eigenvalue weighted by atomic mass is 32.2. The summed E-state index contributed by atoms with van der Waals surface area (Å²) in [6.07, 6.45) is -1.03. The Bertz CT molecular complexity index is 1150. The summed E-state index contributed by atoms with van der Waals surface area (Å²) in [7, 11) is 0. The minimum atomic E-state index is -1.03. The van der Waals surface area contributed by atoms with Gasteiger partial charge in [-0.2, -0.15) is 0 Å². The van der Waals surface area contributed by atoms with E-state index in [0.29, 0.717) is 16.4 Å². The number of ether oxygens (including phenoxy) is 1. The number of hydrogen-bond acceptors (Lipinski definition) is 10. The first-order valence-electron chi connectivity index (χ1n) is 9.37. The Balaban J connectivity index is 1.54. The molecule has 12 heteroatoms. The van der Waals surface area contributed by atoms with Crippen molar-refractivity contribution in [2.45, 2.75) is 32.0 Å². The number of aromatic nitrogens is 3. The van der Waals surface area contributed by atoms with Gasteiger partial charge in [-0.05, 0) is 26.8 Å². The maximum Gasteiger partial charge on any atom is 0.317 e. The number of amides is 1. The lowest BCUT2D eigenvalue weighted by molar-refractivity contribution is -0.384. The molecule has 3 rings (SSSR count). The van der Waals surface area contributed by atoms with E-state index >= 15 is 0 Å². The number of nitrogens with one attached hydrogen (secondary N) is 1. The molecule has 0 spiro atoms. The number of esters is 1. The molecule has 1 N–H and O–H groups in total. The smallest absolute Gasteiger partial charge is 0.317 e. The van der Waals surface area contributed by atoms with E-state index in [2.05, 4.69) is 20.3 Å². The highest BCUT2D eigenvalue weighted by molar-refractivity contribution is 7.99. The fraction of sp³-hybridized carbons (Fsp3) is 0.250. The van der Waals surface area contributed by atoms with E-state index in [-0.39, 0.29) is 16.6 Å². The van der Waals surface area contributed by atoms with Gasteiger partial charge in [0.15, 0.2) is 16.4 Å². The standard InChI is InChI=1S/C20H19N5O5S2/c1-11-7-12(2)22-19(21-11)32-10-17(26)30-13(3)18(27)24-20-23-16(9-31-20)14-5-4-6-15(8-14)25(28)29/h4-9,13H,10H2,1-3H3,(H,23,24,27). The van der Waals surface area contributed by atoms with Gasteiger partial charge in [-0.15, -0.1) is 11.3 Å². The van der Waals surface area contributed by atoms with Crippen LogP contribution in [0.25, 0.3) is 11.3 Å². The molecule has 0 radical (unpaired) electrons. The third kappa shape index (κ3) is 6.31. The van der Waals surface area contributed by atoms with Gasteiger partial charge < -0.3 is 4.74 Å². The van der Waals surface area contributed by atoms with Crippen LogP contribution in [0.5, 0.6) is 0 Å². The Morgan fingerprint density at radius 1 is 1.22 bits per heavy atom. The highest BCUT2D eigenvalue weighted by Crippen LogP contribution is 2.27. The normalized spacial score (nSPS) is 11.6. The van der Waals surface area contributed by atoms with E-state index in [1.807, 2.05) is 19.9 Å². The molecule has 1 unspecified atom stereocenters. The number of aryl methyl sites for hydroxylation is 2. The first kappa shape index (κ1) is 23.3. The van der Waals surface area contributed by atoms with Gasteiger partial charge in [0.1, 0.15) is 0 Å². The largest absolute Gasteiger partial charge is 0.452 e. The monoisotopic (exact) mass is 473 g/mol. The molecule has 0 aliphatic carbocycles. The number of carbonyl (C=O) groups is 2. The van der Waals surface area contributed by atoms with Crippen LogP contribution < -0.4 is 5.32 Å². The molecule has 2 heterocycles. The van der Waals surface area contributed by atoms with Crippen LogP contribution in [0.3, 0.4) is 0 Å². The summed E-state index contributed by atoms with van der Waals surface area (Å²) in [6.45, 7) is 5.14. The van der Waals surface area contributed by atoms with Crippen molar-refractivity contribution in [2.24, 2.45) is 0 Å². The van der Waals surface area contributed by atoms with Gasteiger partial charge in [-0.25, -0.2) is 15.0 Å². The number of nitro benzene ring substituents is 1. The molecule has 0 aliphatic heterocycles. The van der Waals surface area contributed by atoms with Gasteiger partial charge in [-0.3, -0.25) is 25.0 Å². The number of carbonyl (C=O) groups excluding carboxylic acids is 2. The molecule has 32 heavy (non-hydrogen) atoms. The number of thioether (sulfide) groups is 1. The van der Waals surface area contributed by atoms with Crippen molar-refractivity contribution < 1.29 is 19.2 Å². The number of nitro groups is 1. The summed E-state index contributed by atoms with van der Waals surface area (Å²) < 4.78 is 5.17. The maximum atomic E-state index is 12.4. The first-order valence-corrected chi connectivity index (χ1v) is 11.2. The highest BCUT2D eigenvalue weighted by Gasteiger charge is 2.20.